The van der Waals surface area contributed by atoms with Gasteiger partial charge in [-0.2, -0.15) is 0 Å². The first-order valence-corrected chi connectivity index (χ1v) is 12.9. The fraction of sp³-hybridized carbons (Fsp3) is 0.250. The van der Waals surface area contributed by atoms with Gasteiger partial charge in [-0.25, -0.2) is 4.79 Å². The number of fused-ring (bicyclic) bond motifs is 1. The first-order valence-electron chi connectivity index (χ1n) is 11.9. The summed E-state index contributed by atoms with van der Waals surface area (Å²) < 4.78 is 5.92. The molecule has 0 saturated carbocycles. The molecule has 3 aliphatic rings. The van der Waals surface area contributed by atoms with Gasteiger partial charge >= 0.3 is 5.97 Å². The van der Waals surface area contributed by atoms with Gasteiger partial charge in [-0.15, -0.1) is 11.8 Å². The summed E-state index contributed by atoms with van der Waals surface area (Å²) in [4.78, 5) is 40.2. The van der Waals surface area contributed by atoms with Crippen molar-refractivity contribution in [3.05, 3.63) is 107 Å². The summed E-state index contributed by atoms with van der Waals surface area (Å²) in [6.45, 7) is 0. The number of allylic oxidation sites excluding steroid dienone is 2. The molecule has 184 valence electrons. The average molecular weight is 503 g/mol. The Morgan fingerprint density at radius 1 is 1.08 bits per heavy atom. The number of aliphatic hydroxyl groups excluding tert-OH is 1. The molecule has 3 atom stereocenters. The topological polar surface area (TPSA) is 95.9 Å². The molecule has 7 nitrogen and oxygen atoms in total. The largest absolute Gasteiger partial charge is 0.509 e. The van der Waals surface area contributed by atoms with Crippen molar-refractivity contribution in [1.82, 2.24) is 10.2 Å². The first kappa shape index (κ1) is 23.9. The Labute approximate surface area is 213 Å². The number of carbonyl (C=O) groups is 3. The summed E-state index contributed by atoms with van der Waals surface area (Å²) in [6.07, 6.45) is 7.25. The van der Waals surface area contributed by atoms with Crippen molar-refractivity contribution < 1.29 is 24.2 Å². The summed E-state index contributed by atoms with van der Waals surface area (Å²) in [7, 11) is 0. The highest BCUT2D eigenvalue weighted by Crippen LogP contribution is 2.41. The number of benzene rings is 2. The fourth-order valence-corrected chi connectivity index (χ4v) is 5.75. The van der Waals surface area contributed by atoms with Gasteiger partial charge in [0, 0.05) is 0 Å². The summed E-state index contributed by atoms with van der Waals surface area (Å²) in [5.74, 6) is -1.55. The average Bonchev–Trinajstić information content (AvgIpc) is 2.91. The molecule has 2 N–H and O–H groups in total. The van der Waals surface area contributed by atoms with Crippen LogP contribution < -0.4 is 5.32 Å². The van der Waals surface area contributed by atoms with Crippen LogP contribution in [-0.4, -0.2) is 45.0 Å². The van der Waals surface area contributed by atoms with E-state index < -0.39 is 29.4 Å². The predicted octanol–water partition coefficient (Wildman–Crippen LogP) is 3.96. The fourth-order valence-electron chi connectivity index (χ4n) is 4.55. The number of amides is 2. The van der Waals surface area contributed by atoms with E-state index in [0.29, 0.717) is 0 Å². The molecule has 0 bridgehead atoms. The maximum atomic E-state index is 13.4. The predicted molar refractivity (Wildman–Crippen MR) is 137 cm³/mol. The lowest BCUT2D eigenvalue weighted by atomic mass is 9.96. The molecule has 5 rings (SSSR count). The number of carbonyl (C=O) groups excluding carboxylic acids is 3. The van der Waals surface area contributed by atoms with Crippen LogP contribution in [0, 0.1) is 0 Å². The highest BCUT2D eigenvalue weighted by molar-refractivity contribution is 8.00. The van der Waals surface area contributed by atoms with Crippen molar-refractivity contribution in [3.8, 4) is 0 Å². The van der Waals surface area contributed by atoms with E-state index in [1.54, 1.807) is 0 Å². The Bertz CT molecular complexity index is 1260. The van der Waals surface area contributed by atoms with Crippen LogP contribution in [0.3, 0.4) is 0 Å². The van der Waals surface area contributed by atoms with Crippen molar-refractivity contribution in [2.24, 2.45) is 0 Å². The van der Waals surface area contributed by atoms with Crippen molar-refractivity contribution in [2.75, 3.05) is 5.75 Å². The summed E-state index contributed by atoms with van der Waals surface area (Å²) in [5.41, 5.74) is 2.34. The van der Waals surface area contributed by atoms with Gasteiger partial charge in [0.15, 0.2) is 11.8 Å². The highest BCUT2D eigenvalue weighted by Gasteiger charge is 2.55. The molecule has 2 heterocycles. The molecule has 1 fully saturated rings. The molecule has 0 spiro atoms. The smallest absolute Gasteiger partial charge is 0.359 e. The quantitative estimate of drug-likeness (QED) is 0.440. The third-order valence-corrected chi connectivity index (χ3v) is 7.58. The van der Waals surface area contributed by atoms with Crippen LogP contribution >= 0.6 is 11.8 Å². The summed E-state index contributed by atoms with van der Waals surface area (Å²) in [6, 6.07) is 17.9. The second-order valence-corrected chi connectivity index (χ2v) is 9.90. The zero-order valence-electron chi connectivity index (χ0n) is 19.5. The van der Waals surface area contributed by atoms with Gasteiger partial charge in [0.25, 0.3) is 5.91 Å². The van der Waals surface area contributed by atoms with Crippen LogP contribution in [0.15, 0.2) is 95.9 Å². The van der Waals surface area contributed by atoms with Gasteiger partial charge in [0.05, 0.1) is 12.2 Å². The van der Waals surface area contributed by atoms with E-state index >= 15 is 0 Å². The van der Waals surface area contributed by atoms with Crippen LogP contribution in [0.1, 0.15) is 30.1 Å². The lowest BCUT2D eigenvalue weighted by molar-refractivity contribution is -0.155. The second kappa shape index (κ2) is 10.5. The number of esters is 1. The number of aliphatic hydroxyl groups is 1. The highest BCUT2D eigenvalue weighted by atomic mass is 32.2. The minimum absolute atomic E-state index is 0.141. The molecule has 0 radical (unpaired) electrons. The van der Waals surface area contributed by atoms with Gasteiger partial charge in [0.1, 0.15) is 17.2 Å². The minimum atomic E-state index is -0.770. The number of hydrogen-bond donors (Lipinski definition) is 2. The van der Waals surface area contributed by atoms with E-state index in [-0.39, 0.29) is 29.5 Å². The summed E-state index contributed by atoms with van der Waals surface area (Å²) in [5, 5.41) is 12.9. The normalized spacial score (nSPS) is 21.7. The number of thioether (sulfide) groups is 1. The molecule has 1 aliphatic carbocycles. The summed E-state index contributed by atoms with van der Waals surface area (Å²) >= 11 is 1.30. The monoisotopic (exact) mass is 502 g/mol. The molecule has 1 unspecified atom stereocenters. The Morgan fingerprint density at radius 3 is 2.50 bits per heavy atom. The molecule has 2 aliphatic heterocycles. The van der Waals surface area contributed by atoms with Gasteiger partial charge in [-0.1, -0.05) is 78.9 Å². The number of nitrogens with zero attached hydrogens (tertiary/aromatic N) is 1. The molecule has 36 heavy (non-hydrogen) atoms. The molecule has 1 saturated heterocycles. The molecular weight excluding hydrogens is 476 g/mol. The van der Waals surface area contributed by atoms with E-state index in [1.165, 1.54) is 16.7 Å². The molecular formula is C28H26N2O5S. The van der Waals surface area contributed by atoms with Crippen LogP contribution in [0.2, 0.25) is 0 Å². The van der Waals surface area contributed by atoms with Crippen molar-refractivity contribution in [3.63, 3.8) is 0 Å². The van der Waals surface area contributed by atoms with Crippen molar-refractivity contribution in [2.45, 2.75) is 36.8 Å². The number of hydrogen-bond acceptors (Lipinski definition) is 6. The molecule has 2 aromatic rings. The standard InChI is InChI=1S/C28H26N2O5S/c31-21-17-36-27-23(29-22(32)16-18-10-4-1-5-11-18)26(33)30(27)24(21)28(34)35-25(19-12-6-2-7-13-19)20-14-8-3-9-15-20/h1-2,4-8,10-15,23,25,27,31H,3,9,16-17H2,(H,29,32)/t23-,25?,27-/m1/s1. The van der Waals surface area contributed by atoms with Crippen molar-refractivity contribution >= 4 is 29.5 Å². The van der Waals surface area contributed by atoms with Gasteiger partial charge in [-0.3, -0.25) is 14.5 Å². The van der Waals surface area contributed by atoms with Gasteiger partial charge in [0.2, 0.25) is 5.91 Å². The SMILES string of the molecule is O=C(Cc1ccccc1)N[C@@H]1C(=O)N2C(C(=O)OC(C3=CCCC=C3)c3ccccc3)=C(O)CS[C@H]12. The van der Waals surface area contributed by atoms with Crippen LogP contribution in [0.25, 0.3) is 0 Å². The van der Waals surface area contributed by atoms with Crippen LogP contribution in [-0.2, 0) is 25.5 Å². The van der Waals surface area contributed by atoms with Gasteiger partial charge in [-0.05, 0) is 29.5 Å². The van der Waals surface area contributed by atoms with E-state index in [2.05, 4.69) is 5.32 Å². The number of rotatable bonds is 7. The minimum Gasteiger partial charge on any atom is -0.509 e. The molecule has 8 heteroatoms. The van der Waals surface area contributed by atoms with E-state index in [0.717, 1.165) is 29.5 Å². The number of nitrogens with one attached hydrogen (secondary N) is 1. The van der Waals surface area contributed by atoms with Crippen molar-refractivity contribution in [1.29, 1.82) is 0 Å². The Hall–Kier alpha value is -3.78. The maximum absolute atomic E-state index is 13.4. The Morgan fingerprint density at radius 2 is 1.81 bits per heavy atom. The van der Waals surface area contributed by atoms with E-state index in [1.807, 2.05) is 78.9 Å². The maximum Gasteiger partial charge on any atom is 0.359 e. The molecule has 2 aromatic carbocycles. The van der Waals surface area contributed by atoms with E-state index in [4.69, 9.17) is 4.74 Å². The third-order valence-electron chi connectivity index (χ3n) is 6.32. The van der Waals surface area contributed by atoms with Crippen LogP contribution in [0.5, 0.6) is 0 Å². The second-order valence-electron chi connectivity index (χ2n) is 8.79. The molecule has 2 amide bonds. The number of ether oxygens (including phenoxy) is 1. The first-order chi connectivity index (χ1) is 17.5. The third kappa shape index (κ3) is 4.81. The zero-order valence-corrected chi connectivity index (χ0v) is 20.3. The lowest BCUT2D eigenvalue weighted by Crippen LogP contribution is -2.70. The Balaban J connectivity index is 1.31. The molecule has 0 aromatic heterocycles. The Kier molecular flexibility index (Phi) is 6.95. The number of β-lactam (4-membered cyclic amide) rings is 1. The lowest BCUT2D eigenvalue weighted by Gasteiger charge is -2.49. The van der Waals surface area contributed by atoms with Gasteiger partial charge < -0.3 is 15.2 Å². The van der Waals surface area contributed by atoms with Crippen LogP contribution in [0.4, 0.5) is 0 Å². The zero-order chi connectivity index (χ0) is 25.1. The van der Waals surface area contributed by atoms with E-state index in [9.17, 15) is 19.5 Å².